The molecule has 1 N–H and O–H groups in total. The van der Waals surface area contributed by atoms with Crippen LogP contribution in [0.5, 0.6) is 0 Å². The normalized spacial score (nSPS) is 11.0. The maximum absolute atomic E-state index is 11.9. The standard InChI is InChI=1S/C17H15ClN6OS/c1-24-16(13-4-6-14(18)7-5-13)22-23-17(24)26-11-15(25)21-20-10-12-3-2-8-19-9-12/h2-10H,11H2,1H3,(H,21,25)/b20-10-. The average molecular weight is 387 g/mol. The second kappa shape index (κ2) is 8.59. The Hall–Kier alpha value is -2.71. The van der Waals surface area contributed by atoms with Gasteiger partial charge in [-0.15, -0.1) is 10.2 Å². The summed E-state index contributed by atoms with van der Waals surface area (Å²) in [6.07, 6.45) is 4.87. The minimum Gasteiger partial charge on any atom is -0.305 e. The molecule has 0 aliphatic carbocycles. The van der Waals surface area contributed by atoms with Gasteiger partial charge >= 0.3 is 0 Å². The first kappa shape index (κ1) is 18.1. The highest BCUT2D eigenvalue weighted by atomic mass is 35.5. The molecule has 26 heavy (non-hydrogen) atoms. The van der Waals surface area contributed by atoms with Crippen molar-refractivity contribution in [3.63, 3.8) is 0 Å². The predicted molar refractivity (Wildman–Crippen MR) is 102 cm³/mol. The van der Waals surface area contributed by atoms with Crippen molar-refractivity contribution in [2.75, 3.05) is 5.75 Å². The molecule has 3 aromatic rings. The fourth-order valence-corrected chi connectivity index (χ4v) is 2.91. The van der Waals surface area contributed by atoms with E-state index in [2.05, 4.69) is 25.7 Å². The van der Waals surface area contributed by atoms with Gasteiger partial charge in [0.15, 0.2) is 11.0 Å². The monoisotopic (exact) mass is 386 g/mol. The summed E-state index contributed by atoms with van der Waals surface area (Å²) < 4.78 is 1.83. The van der Waals surface area contributed by atoms with E-state index in [1.54, 1.807) is 30.6 Å². The molecule has 3 rings (SSSR count). The Morgan fingerprint density at radius 3 is 2.85 bits per heavy atom. The molecule has 0 saturated carbocycles. The molecule has 0 aliphatic heterocycles. The molecule has 0 fully saturated rings. The van der Waals surface area contributed by atoms with Gasteiger partial charge in [0.05, 0.1) is 12.0 Å². The lowest BCUT2D eigenvalue weighted by atomic mass is 10.2. The lowest BCUT2D eigenvalue weighted by Gasteiger charge is -2.03. The van der Waals surface area contributed by atoms with Crippen molar-refractivity contribution in [1.82, 2.24) is 25.2 Å². The van der Waals surface area contributed by atoms with Crippen molar-refractivity contribution in [3.05, 3.63) is 59.4 Å². The third-order valence-corrected chi connectivity index (χ3v) is 4.63. The second-order valence-corrected chi connectivity index (χ2v) is 6.62. The first-order valence-corrected chi connectivity index (χ1v) is 9.00. The molecule has 0 unspecified atom stereocenters. The van der Waals surface area contributed by atoms with E-state index in [1.807, 2.05) is 29.8 Å². The van der Waals surface area contributed by atoms with Crippen LogP contribution < -0.4 is 5.43 Å². The highest BCUT2D eigenvalue weighted by molar-refractivity contribution is 7.99. The SMILES string of the molecule is Cn1c(SCC(=O)N/N=C\c2cccnc2)nnc1-c1ccc(Cl)cc1. The summed E-state index contributed by atoms with van der Waals surface area (Å²) in [5.74, 6) is 0.655. The van der Waals surface area contributed by atoms with E-state index < -0.39 is 0 Å². The minimum absolute atomic E-state index is 0.178. The van der Waals surface area contributed by atoms with Crippen molar-refractivity contribution in [2.24, 2.45) is 12.1 Å². The van der Waals surface area contributed by atoms with Gasteiger partial charge in [0, 0.05) is 35.6 Å². The maximum atomic E-state index is 11.9. The molecule has 0 spiro atoms. The quantitative estimate of drug-likeness (QED) is 0.400. The second-order valence-electron chi connectivity index (χ2n) is 5.24. The van der Waals surface area contributed by atoms with Gasteiger partial charge in [0.1, 0.15) is 0 Å². The number of pyridine rings is 1. The van der Waals surface area contributed by atoms with Crippen LogP contribution in [-0.4, -0.2) is 37.6 Å². The molecule has 0 radical (unpaired) electrons. The lowest BCUT2D eigenvalue weighted by molar-refractivity contribution is -0.118. The molecule has 0 bridgehead atoms. The number of amides is 1. The first-order chi connectivity index (χ1) is 12.6. The molecule has 1 aromatic carbocycles. The Bertz CT molecular complexity index is 911. The van der Waals surface area contributed by atoms with Crippen LogP contribution in [-0.2, 0) is 11.8 Å². The van der Waals surface area contributed by atoms with E-state index in [0.717, 1.165) is 11.1 Å². The number of benzene rings is 1. The van der Waals surface area contributed by atoms with Gasteiger partial charge in [-0.2, -0.15) is 5.10 Å². The van der Waals surface area contributed by atoms with Crippen molar-refractivity contribution < 1.29 is 4.79 Å². The third-order valence-electron chi connectivity index (χ3n) is 3.36. The van der Waals surface area contributed by atoms with Gasteiger partial charge in [0.25, 0.3) is 5.91 Å². The van der Waals surface area contributed by atoms with Crippen LogP contribution in [0.2, 0.25) is 5.02 Å². The number of rotatable bonds is 6. The summed E-state index contributed by atoms with van der Waals surface area (Å²) in [7, 11) is 1.85. The fourth-order valence-electron chi connectivity index (χ4n) is 2.08. The summed E-state index contributed by atoms with van der Waals surface area (Å²) >= 11 is 7.19. The number of thioether (sulfide) groups is 1. The summed E-state index contributed by atoms with van der Waals surface area (Å²) in [6.45, 7) is 0. The topological polar surface area (TPSA) is 85.1 Å². The van der Waals surface area contributed by atoms with E-state index in [4.69, 9.17) is 11.6 Å². The molecule has 1 amide bonds. The van der Waals surface area contributed by atoms with Gasteiger partial charge in [-0.3, -0.25) is 9.78 Å². The molecule has 2 heterocycles. The van der Waals surface area contributed by atoms with Crippen LogP contribution in [0.25, 0.3) is 11.4 Å². The van der Waals surface area contributed by atoms with Crippen LogP contribution in [0.3, 0.4) is 0 Å². The van der Waals surface area contributed by atoms with Gasteiger partial charge < -0.3 is 4.57 Å². The molecule has 7 nitrogen and oxygen atoms in total. The van der Waals surface area contributed by atoms with Crippen LogP contribution in [0.1, 0.15) is 5.56 Å². The number of nitrogens with zero attached hydrogens (tertiary/aromatic N) is 5. The van der Waals surface area contributed by atoms with Gasteiger partial charge in [-0.1, -0.05) is 29.4 Å². The first-order valence-electron chi connectivity index (χ1n) is 7.63. The van der Waals surface area contributed by atoms with E-state index in [1.165, 1.54) is 18.0 Å². The van der Waals surface area contributed by atoms with E-state index in [0.29, 0.717) is 16.0 Å². The number of halogens is 1. The molecular weight excluding hydrogens is 372 g/mol. The van der Waals surface area contributed by atoms with E-state index in [-0.39, 0.29) is 11.7 Å². The smallest absolute Gasteiger partial charge is 0.250 e. The van der Waals surface area contributed by atoms with E-state index >= 15 is 0 Å². The molecule has 2 aromatic heterocycles. The summed E-state index contributed by atoms with van der Waals surface area (Å²) in [4.78, 5) is 15.9. The Kier molecular flexibility index (Phi) is 5.98. The van der Waals surface area contributed by atoms with Gasteiger partial charge in [-0.25, -0.2) is 5.43 Å². The molecule has 0 atom stereocenters. The van der Waals surface area contributed by atoms with Gasteiger partial charge in [-0.05, 0) is 30.3 Å². The van der Waals surface area contributed by atoms with E-state index in [9.17, 15) is 4.79 Å². The predicted octanol–water partition coefficient (Wildman–Crippen LogP) is 2.77. The average Bonchev–Trinajstić information content (AvgIpc) is 3.02. The highest BCUT2D eigenvalue weighted by Gasteiger charge is 2.12. The Morgan fingerprint density at radius 1 is 1.31 bits per heavy atom. The molecular formula is C17H15ClN6OS. The minimum atomic E-state index is -0.230. The molecule has 9 heteroatoms. The van der Waals surface area contributed by atoms with Crippen LogP contribution >= 0.6 is 23.4 Å². The van der Waals surface area contributed by atoms with Gasteiger partial charge in [0.2, 0.25) is 0 Å². The van der Waals surface area contributed by atoms with Crippen molar-refractivity contribution >= 4 is 35.5 Å². The molecule has 132 valence electrons. The highest BCUT2D eigenvalue weighted by Crippen LogP contribution is 2.23. The number of carbonyl (C=O) groups excluding carboxylic acids is 1. The molecule has 0 saturated heterocycles. The van der Waals surface area contributed by atoms with Crippen LogP contribution in [0.15, 0.2) is 59.0 Å². The Morgan fingerprint density at radius 2 is 2.12 bits per heavy atom. The van der Waals surface area contributed by atoms with Crippen molar-refractivity contribution in [3.8, 4) is 11.4 Å². The summed E-state index contributed by atoms with van der Waals surface area (Å²) in [6, 6.07) is 11.0. The number of carbonyl (C=O) groups is 1. The lowest BCUT2D eigenvalue weighted by Crippen LogP contribution is -2.19. The zero-order chi connectivity index (χ0) is 18.4. The van der Waals surface area contributed by atoms with Crippen molar-refractivity contribution in [2.45, 2.75) is 5.16 Å². The number of hydrazone groups is 1. The zero-order valence-electron chi connectivity index (χ0n) is 13.8. The number of hydrogen-bond acceptors (Lipinski definition) is 6. The Labute approximate surface area is 159 Å². The molecule has 0 aliphatic rings. The summed E-state index contributed by atoms with van der Waals surface area (Å²) in [5.41, 5.74) is 4.19. The largest absolute Gasteiger partial charge is 0.305 e. The fraction of sp³-hybridized carbons (Fsp3) is 0.118. The maximum Gasteiger partial charge on any atom is 0.250 e. The number of nitrogens with one attached hydrogen (secondary N) is 1. The van der Waals surface area contributed by atoms with Crippen LogP contribution in [0.4, 0.5) is 0 Å². The number of hydrogen-bond donors (Lipinski definition) is 1. The zero-order valence-corrected chi connectivity index (χ0v) is 15.4. The van der Waals surface area contributed by atoms with Crippen molar-refractivity contribution in [1.29, 1.82) is 0 Å². The number of aromatic nitrogens is 4. The Balaban J connectivity index is 1.55. The van der Waals surface area contributed by atoms with Crippen LogP contribution in [0, 0.1) is 0 Å². The summed E-state index contributed by atoms with van der Waals surface area (Å²) in [5, 5.41) is 13.5. The third kappa shape index (κ3) is 4.68.